The first-order valence-corrected chi connectivity index (χ1v) is 6.78. The molecule has 1 aromatic heterocycles. The van der Waals surface area contributed by atoms with Gasteiger partial charge in [0.1, 0.15) is 5.54 Å². The van der Waals surface area contributed by atoms with E-state index in [4.69, 9.17) is 5.11 Å². The van der Waals surface area contributed by atoms with Crippen LogP contribution in [0.5, 0.6) is 0 Å². The molecule has 2 N–H and O–H groups in total. The van der Waals surface area contributed by atoms with Crippen molar-refractivity contribution in [2.75, 3.05) is 0 Å². The number of hydrogen-bond donors (Lipinski definition) is 2. The van der Waals surface area contributed by atoms with Crippen LogP contribution in [-0.2, 0) is 16.0 Å². The summed E-state index contributed by atoms with van der Waals surface area (Å²) in [5.41, 5.74) is -1.17. The number of aromatic nitrogens is 1. The summed E-state index contributed by atoms with van der Waals surface area (Å²) in [7, 11) is 0. The number of aryl methyl sites for hydroxylation is 1. The summed E-state index contributed by atoms with van der Waals surface area (Å²) >= 11 is 1.49. The SMILES string of the molecule is CCCC(C)(NC(=O)CCc1nccs1)C(=O)O. The van der Waals surface area contributed by atoms with Crippen molar-refractivity contribution in [3.05, 3.63) is 16.6 Å². The molecule has 0 fully saturated rings. The Morgan fingerprint density at radius 1 is 1.56 bits per heavy atom. The van der Waals surface area contributed by atoms with E-state index in [1.165, 1.54) is 11.3 Å². The summed E-state index contributed by atoms with van der Waals surface area (Å²) in [6, 6.07) is 0. The van der Waals surface area contributed by atoms with Crippen molar-refractivity contribution >= 4 is 23.2 Å². The molecule has 100 valence electrons. The van der Waals surface area contributed by atoms with Crippen LogP contribution in [0, 0.1) is 0 Å². The number of aliphatic carboxylic acids is 1. The van der Waals surface area contributed by atoms with E-state index in [-0.39, 0.29) is 12.3 Å². The van der Waals surface area contributed by atoms with E-state index in [9.17, 15) is 9.59 Å². The number of amides is 1. The second-order valence-corrected chi connectivity index (χ2v) is 5.34. The van der Waals surface area contributed by atoms with Gasteiger partial charge in [-0.25, -0.2) is 9.78 Å². The Labute approximate surface area is 110 Å². The normalized spacial score (nSPS) is 13.9. The Bertz CT molecular complexity index is 405. The van der Waals surface area contributed by atoms with Gasteiger partial charge in [0.25, 0.3) is 0 Å². The molecule has 6 heteroatoms. The summed E-state index contributed by atoms with van der Waals surface area (Å²) in [5, 5.41) is 14.5. The number of rotatable bonds is 7. The monoisotopic (exact) mass is 270 g/mol. The number of thiazole rings is 1. The zero-order valence-corrected chi connectivity index (χ0v) is 11.4. The lowest BCUT2D eigenvalue weighted by Gasteiger charge is -2.25. The van der Waals surface area contributed by atoms with Crippen molar-refractivity contribution in [1.82, 2.24) is 10.3 Å². The van der Waals surface area contributed by atoms with Crippen LogP contribution in [0.1, 0.15) is 38.1 Å². The third kappa shape index (κ3) is 4.10. The summed E-state index contributed by atoms with van der Waals surface area (Å²) in [6.07, 6.45) is 3.63. The van der Waals surface area contributed by atoms with Crippen LogP contribution in [0.2, 0.25) is 0 Å². The fraction of sp³-hybridized carbons (Fsp3) is 0.583. The predicted octanol–water partition coefficient (Wildman–Crippen LogP) is 1.84. The van der Waals surface area contributed by atoms with Crippen LogP contribution < -0.4 is 5.32 Å². The smallest absolute Gasteiger partial charge is 0.329 e. The minimum Gasteiger partial charge on any atom is -0.480 e. The van der Waals surface area contributed by atoms with Gasteiger partial charge in [-0.15, -0.1) is 11.3 Å². The fourth-order valence-corrected chi connectivity index (χ4v) is 2.31. The maximum absolute atomic E-state index is 11.7. The second-order valence-electron chi connectivity index (χ2n) is 4.36. The standard InChI is InChI=1S/C12H18N2O3S/c1-3-6-12(2,11(16)17)14-9(15)4-5-10-13-7-8-18-10/h7-8H,3-6H2,1-2H3,(H,14,15)(H,16,17). The molecule has 1 amide bonds. The molecule has 5 nitrogen and oxygen atoms in total. The lowest BCUT2D eigenvalue weighted by atomic mass is 9.96. The van der Waals surface area contributed by atoms with Crippen molar-refractivity contribution in [2.24, 2.45) is 0 Å². The number of nitrogens with zero attached hydrogens (tertiary/aromatic N) is 1. The lowest BCUT2D eigenvalue weighted by Crippen LogP contribution is -2.52. The van der Waals surface area contributed by atoms with Crippen molar-refractivity contribution < 1.29 is 14.7 Å². The summed E-state index contributed by atoms with van der Waals surface area (Å²) in [6.45, 7) is 3.43. The van der Waals surface area contributed by atoms with Crippen molar-refractivity contribution in [1.29, 1.82) is 0 Å². The Hall–Kier alpha value is -1.43. The van der Waals surface area contributed by atoms with Gasteiger partial charge in [0, 0.05) is 24.4 Å². The van der Waals surface area contributed by atoms with Crippen LogP contribution in [-0.4, -0.2) is 27.5 Å². The number of carboxylic acid groups (broad SMARTS) is 1. The summed E-state index contributed by atoms with van der Waals surface area (Å²) in [5.74, 6) is -1.24. The van der Waals surface area contributed by atoms with Crippen molar-refractivity contribution in [3.63, 3.8) is 0 Å². The number of carbonyl (C=O) groups excluding carboxylic acids is 1. The highest BCUT2D eigenvalue weighted by molar-refractivity contribution is 7.09. The molecule has 0 saturated carbocycles. The molecule has 0 spiro atoms. The van der Waals surface area contributed by atoms with Crippen LogP contribution in [0.3, 0.4) is 0 Å². The molecule has 0 bridgehead atoms. The average Bonchev–Trinajstić information content (AvgIpc) is 2.79. The largest absolute Gasteiger partial charge is 0.480 e. The topological polar surface area (TPSA) is 79.3 Å². The van der Waals surface area contributed by atoms with Gasteiger partial charge in [0.15, 0.2) is 0 Å². The molecule has 0 radical (unpaired) electrons. The van der Waals surface area contributed by atoms with Gasteiger partial charge in [-0.1, -0.05) is 13.3 Å². The van der Waals surface area contributed by atoms with E-state index in [2.05, 4.69) is 10.3 Å². The molecule has 0 aliphatic rings. The first kappa shape index (κ1) is 14.6. The third-order valence-corrected chi connectivity index (χ3v) is 3.53. The lowest BCUT2D eigenvalue weighted by molar-refractivity contribution is -0.147. The molecule has 0 aromatic carbocycles. The van der Waals surface area contributed by atoms with Crippen LogP contribution >= 0.6 is 11.3 Å². The van der Waals surface area contributed by atoms with Gasteiger partial charge in [-0.3, -0.25) is 4.79 Å². The molecule has 0 saturated heterocycles. The Morgan fingerprint density at radius 3 is 2.78 bits per heavy atom. The third-order valence-electron chi connectivity index (χ3n) is 2.69. The van der Waals surface area contributed by atoms with Crippen LogP contribution in [0.4, 0.5) is 0 Å². The molecule has 1 aromatic rings. The van der Waals surface area contributed by atoms with E-state index < -0.39 is 11.5 Å². The van der Waals surface area contributed by atoms with E-state index in [0.717, 1.165) is 5.01 Å². The first-order chi connectivity index (χ1) is 8.48. The fourth-order valence-electron chi connectivity index (χ4n) is 1.69. The van der Waals surface area contributed by atoms with E-state index in [0.29, 0.717) is 19.3 Å². The maximum Gasteiger partial charge on any atom is 0.329 e. The van der Waals surface area contributed by atoms with Gasteiger partial charge in [-0.2, -0.15) is 0 Å². The number of hydrogen-bond acceptors (Lipinski definition) is 4. The van der Waals surface area contributed by atoms with E-state index in [1.807, 2.05) is 12.3 Å². The molecule has 1 atom stereocenters. The Morgan fingerprint density at radius 2 is 2.28 bits per heavy atom. The average molecular weight is 270 g/mol. The van der Waals surface area contributed by atoms with Gasteiger partial charge in [0.2, 0.25) is 5.91 Å². The molecule has 0 aliphatic carbocycles. The molecule has 18 heavy (non-hydrogen) atoms. The Balaban J connectivity index is 2.49. The Kier molecular flexibility index (Phi) is 5.27. The highest BCUT2D eigenvalue weighted by Crippen LogP contribution is 2.13. The quantitative estimate of drug-likeness (QED) is 0.792. The molecular weight excluding hydrogens is 252 g/mol. The van der Waals surface area contributed by atoms with Crippen molar-refractivity contribution in [2.45, 2.75) is 45.1 Å². The molecule has 1 rings (SSSR count). The van der Waals surface area contributed by atoms with Gasteiger partial charge < -0.3 is 10.4 Å². The first-order valence-electron chi connectivity index (χ1n) is 5.90. The van der Waals surface area contributed by atoms with Crippen LogP contribution in [0.25, 0.3) is 0 Å². The predicted molar refractivity (Wildman–Crippen MR) is 69.5 cm³/mol. The highest BCUT2D eigenvalue weighted by Gasteiger charge is 2.33. The number of carbonyl (C=O) groups is 2. The zero-order valence-electron chi connectivity index (χ0n) is 10.6. The molecule has 1 unspecified atom stereocenters. The highest BCUT2D eigenvalue weighted by atomic mass is 32.1. The number of nitrogens with one attached hydrogen (secondary N) is 1. The summed E-state index contributed by atoms with van der Waals surface area (Å²) < 4.78 is 0. The van der Waals surface area contributed by atoms with Gasteiger partial charge in [0.05, 0.1) is 5.01 Å². The van der Waals surface area contributed by atoms with Crippen molar-refractivity contribution in [3.8, 4) is 0 Å². The number of carboxylic acids is 1. The van der Waals surface area contributed by atoms with Crippen LogP contribution in [0.15, 0.2) is 11.6 Å². The van der Waals surface area contributed by atoms with Gasteiger partial charge in [-0.05, 0) is 13.3 Å². The van der Waals surface area contributed by atoms with E-state index in [1.54, 1.807) is 13.1 Å². The van der Waals surface area contributed by atoms with Gasteiger partial charge >= 0.3 is 5.97 Å². The molecule has 0 aliphatic heterocycles. The molecular formula is C12H18N2O3S. The second kappa shape index (κ2) is 6.49. The minimum absolute atomic E-state index is 0.247. The summed E-state index contributed by atoms with van der Waals surface area (Å²) in [4.78, 5) is 27.0. The molecule has 1 heterocycles. The zero-order chi connectivity index (χ0) is 13.6. The maximum atomic E-state index is 11.7. The minimum atomic E-state index is -1.17. The van der Waals surface area contributed by atoms with E-state index >= 15 is 0 Å².